The summed E-state index contributed by atoms with van der Waals surface area (Å²) in [7, 11) is 0. The van der Waals surface area contributed by atoms with Crippen molar-refractivity contribution in [1.82, 2.24) is 25.2 Å². The highest BCUT2D eigenvalue weighted by Crippen LogP contribution is 2.28. The first kappa shape index (κ1) is 20.1. The van der Waals surface area contributed by atoms with E-state index in [1.807, 2.05) is 36.4 Å². The third-order valence-electron chi connectivity index (χ3n) is 5.97. The maximum Gasteiger partial charge on any atom is 0.267 e. The molecule has 3 aromatic heterocycles. The second kappa shape index (κ2) is 8.74. The van der Waals surface area contributed by atoms with E-state index in [1.54, 1.807) is 29.2 Å². The predicted octanol–water partition coefficient (Wildman–Crippen LogP) is 3.29. The third-order valence-corrected chi connectivity index (χ3v) is 5.97. The van der Waals surface area contributed by atoms with Gasteiger partial charge in [-0.05, 0) is 56.0 Å². The highest BCUT2D eigenvalue weighted by Gasteiger charge is 2.25. The Bertz CT molecular complexity index is 1290. The van der Waals surface area contributed by atoms with E-state index >= 15 is 0 Å². The summed E-state index contributed by atoms with van der Waals surface area (Å²) in [5, 5.41) is 12.6. The Balaban J connectivity index is 1.21. The number of hydrogen-bond acceptors (Lipinski definition) is 6. The maximum absolute atomic E-state index is 12.6. The average molecular weight is 429 g/mol. The van der Waals surface area contributed by atoms with Gasteiger partial charge in [-0.1, -0.05) is 17.3 Å². The van der Waals surface area contributed by atoms with Crippen LogP contribution in [-0.2, 0) is 11.2 Å². The monoisotopic (exact) mass is 429 g/mol. The largest absolute Gasteiger partial charge is 0.356 e. The van der Waals surface area contributed by atoms with Crippen LogP contribution in [0.3, 0.4) is 0 Å². The zero-order valence-corrected chi connectivity index (χ0v) is 17.5. The van der Waals surface area contributed by atoms with Crippen LogP contribution in [0.15, 0.2) is 70.2 Å². The van der Waals surface area contributed by atoms with Gasteiger partial charge in [-0.3, -0.25) is 14.6 Å². The first-order valence-electron chi connectivity index (χ1n) is 10.8. The molecule has 0 aliphatic heterocycles. The van der Waals surface area contributed by atoms with Crippen molar-refractivity contribution < 1.29 is 9.32 Å². The van der Waals surface area contributed by atoms with E-state index in [4.69, 9.17) is 4.52 Å². The van der Waals surface area contributed by atoms with E-state index < -0.39 is 0 Å². The second-order valence-corrected chi connectivity index (χ2v) is 8.12. The van der Waals surface area contributed by atoms with E-state index in [1.165, 1.54) is 0 Å². The molecule has 8 heteroatoms. The molecule has 8 nitrogen and oxygen atoms in total. The number of hydrogen-bond donors (Lipinski definition) is 1. The highest BCUT2D eigenvalue weighted by molar-refractivity contribution is 5.86. The van der Waals surface area contributed by atoms with Crippen molar-refractivity contribution in [3.63, 3.8) is 0 Å². The van der Waals surface area contributed by atoms with Crippen LogP contribution in [0.5, 0.6) is 0 Å². The van der Waals surface area contributed by atoms with Crippen LogP contribution in [0, 0.1) is 0 Å². The number of carbonyl (C=O) groups is 1. The minimum absolute atomic E-state index is 0.0201. The van der Waals surface area contributed by atoms with E-state index in [0.717, 1.165) is 42.3 Å². The first-order chi connectivity index (χ1) is 15.7. The summed E-state index contributed by atoms with van der Waals surface area (Å²) < 4.78 is 6.87. The molecule has 0 atom stereocenters. The molecule has 3 heterocycles. The normalized spacial score (nSPS) is 18.5. The standard InChI is InChI=1S/C24H23N5O3/c30-23(14-21-19-5-1-2-6-22(19)32-28-21)26-17-7-9-18(10-8-17)29-24(31)12-11-20(27-29)16-4-3-13-25-15-16/h1-6,11-13,15,17-18H,7-10,14H2,(H,26,30). The Hall–Kier alpha value is -3.81. The number of rotatable bonds is 5. The molecule has 1 saturated carbocycles. The molecule has 0 saturated heterocycles. The van der Waals surface area contributed by atoms with Gasteiger partial charge in [0.15, 0.2) is 5.58 Å². The lowest BCUT2D eigenvalue weighted by atomic mass is 9.91. The molecule has 0 spiro atoms. The van der Waals surface area contributed by atoms with Crippen LogP contribution in [-0.4, -0.2) is 31.9 Å². The van der Waals surface area contributed by atoms with Gasteiger partial charge in [-0.2, -0.15) is 5.10 Å². The summed E-state index contributed by atoms with van der Waals surface area (Å²) >= 11 is 0. The predicted molar refractivity (Wildman–Crippen MR) is 119 cm³/mol. The second-order valence-electron chi connectivity index (χ2n) is 8.12. The summed E-state index contributed by atoms with van der Waals surface area (Å²) in [6, 6.07) is 14.7. The Morgan fingerprint density at radius 1 is 1.06 bits per heavy atom. The molecule has 5 rings (SSSR count). The minimum atomic E-state index is -0.108. The van der Waals surface area contributed by atoms with Gasteiger partial charge < -0.3 is 9.84 Å². The van der Waals surface area contributed by atoms with Gasteiger partial charge in [0, 0.05) is 35.5 Å². The Kier molecular flexibility index (Phi) is 5.49. The lowest BCUT2D eigenvalue weighted by molar-refractivity contribution is -0.121. The summed E-state index contributed by atoms with van der Waals surface area (Å²) in [5.41, 5.74) is 2.83. The van der Waals surface area contributed by atoms with Crippen LogP contribution in [0.25, 0.3) is 22.2 Å². The van der Waals surface area contributed by atoms with Crippen LogP contribution >= 0.6 is 0 Å². The number of aromatic nitrogens is 4. The fourth-order valence-corrected chi connectivity index (χ4v) is 4.32. The molecule has 1 aromatic carbocycles. The summed E-state index contributed by atoms with van der Waals surface area (Å²) in [5.74, 6) is -0.0682. The molecule has 32 heavy (non-hydrogen) atoms. The summed E-state index contributed by atoms with van der Waals surface area (Å²) in [6.45, 7) is 0. The van der Waals surface area contributed by atoms with E-state index in [0.29, 0.717) is 11.3 Å². The number of benzene rings is 1. The van der Waals surface area contributed by atoms with Gasteiger partial charge in [0.25, 0.3) is 5.56 Å². The molecule has 0 radical (unpaired) electrons. The highest BCUT2D eigenvalue weighted by atomic mass is 16.5. The van der Waals surface area contributed by atoms with Crippen LogP contribution in [0.4, 0.5) is 0 Å². The number of pyridine rings is 1. The number of nitrogens with one attached hydrogen (secondary N) is 1. The topological polar surface area (TPSA) is 103 Å². The lowest BCUT2D eigenvalue weighted by Crippen LogP contribution is -2.40. The molecule has 1 aliphatic carbocycles. The summed E-state index contributed by atoms with van der Waals surface area (Å²) in [4.78, 5) is 29.1. The molecule has 162 valence electrons. The molecule has 1 fully saturated rings. The van der Waals surface area contributed by atoms with Crippen molar-refractivity contribution in [3.8, 4) is 11.3 Å². The molecule has 0 bridgehead atoms. The smallest absolute Gasteiger partial charge is 0.267 e. The molecule has 4 aromatic rings. The van der Waals surface area contributed by atoms with Crippen LogP contribution < -0.4 is 10.9 Å². The SMILES string of the molecule is O=C(Cc1noc2ccccc12)NC1CCC(n2nc(-c3cccnc3)ccc2=O)CC1. The molecular formula is C24H23N5O3. The quantitative estimate of drug-likeness (QED) is 0.522. The minimum Gasteiger partial charge on any atom is -0.356 e. The molecule has 1 N–H and O–H groups in total. The van der Waals surface area contributed by atoms with Crippen molar-refractivity contribution in [2.24, 2.45) is 0 Å². The number of nitrogens with zero attached hydrogens (tertiary/aromatic N) is 4. The van der Waals surface area contributed by atoms with Gasteiger partial charge in [0.1, 0.15) is 5.69 Å². The van der Waals surface area contributed by atoms with Gasteiger partial charge in [0.2, 0.25) is 5.91 Å². The third kappa shape index (κ3) is 4.16. The van der Waals surface area contributed by atoms with Gasteiger partial charge in [-0.15, -0.1) is 0 Å². The van der Waals surface area contributed by atoms with E-state index in [9.17, 15) is 9.59 Å². The first-order valence-corrected chi connectivity index (χ1v) is 10.8. The van der Waals surface area contributed by atoms with Crippen molar-refractivity contribution in [2.75, 3.05) is 0 Å². The van der Waals surface area contributed by atoms with Crippen molar-refractivity contribution in [1.29, 1.82) is 0 Å². The van der Waals surface area contributed by atoms with Crippen LogP contribution in [0.2, 0.25) is 0 Å². The van der Waals surface area contributed by atoms with Gasteiger partial charge in [-0.25, -0.2) is 4.68 Å². The van der Waals surface area contributed by atoms with Gasteiger partial charge in [0.05, 0.1) is 18.2 Å². The number of amides is 1. The lowest BCUT2D eigenvalue weighted by Gasteiger charge is -2.29. The molecule has 1 aliphatic rings. The Morgan fingerprint density at radius 3 is 2.72 bits per heavy atom. The number of carbonyl (C=O) groups excluding carboxylic acids is 1. The molecular weight excluding hydrogens is 406 g/mol. The number of para-hydroxylation sites is 1. The van der Waals surface area contributed by atoms with E-state index in [2.05, 4.69) is 20.6 Å². The molecule has 1 amide bonds. The van der Waals surface area contributed by atoms with Crippen molar-refractivity contribution >= 4 is 16.9 Å². The summed E-state index contributed by atoms with van der Waals surface area (Å²) in [6.07, 6.45) is 6.78. The Labute approximate surface area is 184 Å². The van der Waals surface area contributed by atoms with E-state index in [-0.39, 0.29) is 30.0 Å². The van der Waals surface area contributed by atoms with Gasteiger partial charge >= 0.3 is 0 Å². The fraction of sp³-hybridized carbons (Fsp3) is 0.292. The molecule has 0 unspecified atom stereocenters. The number of fused-ring (bicyclic) bond motifs is 1. The zero-order chi connectivity index (χ0) is 21.9. The maximum atomic E-state index is 12.6. The zero-order valence-electron chi connectivity index (χ0n) is 17.5. The van der Waals surface area contributed by atoms with Crippen molar-refractivity contribution in [3.05, 3.63) is 77.0 Å². The average Bonchev–Trinajstić information content (AvgIpc) is 3.23. The fourth-order valence-electron chi connectivity index (χ4n) is 4.32. The van der Waals surface area contributed by atoms with Crippen molar-refractivity contribution in [2.45, 2.75) is 44.2 Å². The Morgan fingerprint density at radius 2 is 1.91 bits per heavy atom. The van der Waals surface area contributed by atoms with Crippen LogP contribution in [0.1, 0.15) is 37.4 Å².